The van der Waals surface area contributed by atoms with Crippen LogP contribution >= 0.6 is 0 Å². The summed E-state index contributed by atoms with van der Waals surface area (Å²) >= 11 is 0. The van der Waals surface area contributed by atoms with E-state index in [1.54, 1.807) is 12.4 Å². The highest BCUT2D eigenvalue weighted by Crippen LogP contribution is 2.19. The fourth-order valence-corrected chi connectivity index (χ4v) is 1.98. The SMILES string of the molecule is C=C(C)CN(C)c1cc(CC)nc(-c2ccncc2)n1. The summed E-state index contributed by atoms with van der Waals surface area (Å²) in [7, 11) is 2.02. The summed E-state index contributed by atoms with van der Waals surface area (Å²) < 4.78 is 0. The van der Waals surface area contributed by atoms with Gasteiger partial charge in [-0.1, -0.05) is 19.1 Å². The summed E-state index contributed by atoms with van der Waals surface area (Å²) in [5.74, 6) is 1.67. The van der Waals surface area contributed by atoms with Gasteiger partial charge in [0.05, 0.1) is 0 Å². The highest BCUT2D eigenvalue weighted by atomic mass is 15.2. The van der Waals surface area contributed by atoms with Gasteiger partial charge in [0.15, 0.2) is 5.82 Å². The van der Waals surface area contributed by atoms with Crippen LogP contribution in [0.15, 0.2) is 42.7 Å². The summed E-state index contributed by atoms with van der Waals surface area (Å²) in [6.07, 6.45) is 4.40. The van der Waals surface area contributed by atoms with Crippen LogP contribution < -0.4 is 4.90 Å². The molecule has 0 atom stereocenters. The number of likely N-dealkylation sites (N-methyl/N-ethyl adjacent to an activating group) is 1. The molecular formula is C16H20N4. The molecule has 4 heteroatoms. The van der Waals surface area contributed by atoms with Crippen LogP contribution in [0.2, 0.25) is 0 Å². The first kappa shape index (κ1) is 14.2. The highest BCUT2D eigenvalue weighted by Gasteiger charge is 2.09. The first-order valence-electron chi connectivity index (χ1n) is 6.74. The summed E-state index contributed by atoms with van der Waals surface area (Å²) in [6.45, 7) is 8.85. The standard InChI is InChI=1S/C16H20N4/c1-5-14-10-15(20(4)11-12(2)3)19-16(18-14)13-6-8-17-9-7-13/h6-10H,2,5,11H2,1,3-4H3. The van der Waals surface area contributed by atoms with Crippen molar-refractivity contribution in [3.05, 3.63) is 48.4 Å². The highest BCUT2D eigenvalue weighted by molar-refractivity contribution is 5.57. The first-order chi connectivity index (χ1) is 9.60. The van der Waals surface area contributed by atoms with Crippen LogP contribution in [0, 0.1) is 0 Å². The van der Waals surface area contributed by atoms with Crippen molar-refractivity contribution >= 4 is 5.82 Å². The van der Waals surface area contributed by atoms with E-state index in [0.29, 0.717) is 0 Å². The smallest absolute Gasteiger partial charge is 0.161 e. The number of aryl methyl sites for hydroxylation is 1. The van der Waals surface area contributed by atoms with E-state index in [9.17, 15) is 0 Å². The van der Waals surface area contributed by atoms with Crippen molar-refractivity contribution in [1.82, 2.24) is 15.0 Å². The van der Waals surface area contributed by atoms with Gasteiger partial charge in [0.25, 0.3) is 0 Å². The zero-order chi connectivity index (χ0) is 14.5. The monoisotopic (exact) mass is 268 g/mol. The summed E-state index contributed by atoms with van der Waals surface area (Å²) in [5, 5.41) is 0. The number of aromatic nitrogens is 3. The third-order valence-electron chi connectivity index (χ3n) is 2.96. The van der Waals surface area contributed by atoms with Gasteiger partial charge in [-0.2, -0.15) is 0 Å². The molecule has 0 aliphatic carbocycles. The van der Waals surface area contributed by atoms with Crippen molar-refractivity contribution in [2.75, 3.05) is 18.5 Å². The number of anilines is 1. The van der Waals surface area contributed by atoms with Gasteiger partial charge in [0.1, 0.15) is 5.82 Å². The van der Waals surface area contributed by atoms with E-state index in [1.807, 2.05) is 32.2 Å². The largest absolute Gasteiger partial charge is 0.356 e. The van der Waals surface area contributed by atoms with E-state index in [-0.39, 0.29) is 0 Å². The maximum absolute atomic E-state index is 4.65. The van der Waals surface area contributed by atoms with Gasteiger partial charge in [0.2, 0.25) is 0 Å². The average molecular weight is 268 g/mol. The van der Waals surface area contributed by atoms with Crippen LogP contribution in [0.5, 0.6) is 0 Å². The molecule has 0 amide bonds. The van der Waals surface area contributed by atoms with Crippen molar-refractivity contribution in [3.8, 4) is 11.4 Å². The first-order valence-corrected chi connectivity index (χ1v) is 6.74. The average Bonchev–Trinajstić information content (AvgIpc) is 2.47. The minimum absolute atomic E-state index is 0.746. The van der Waals surface area contributed by atoms with E-state index in [0.717, 1.165) is 41.4 Å². The number of rotatable bonds is 5. The minimum Gasteiger partial charge on any atom is -0.356 e. The van der Waals surface area contributed by atoms with E-state index in [4.69, 9.17) is 0 Å². The molecule has 0 N–H and O–H groups in total. The number of hydrogen-bond acceptors (Lipinski definition) is 4. The second-order valence-corrected chi connectivity index (χ2v) is 4.94. The molecule has 0 aliphatic rings. The van der Waals surface area contributed by atoms with Gasteiger partial charge >= 0.3 is 0 Å². The van der Waals surface area contributed by atoms with Crippen LogP contribution in [-0.4, -0.2) is 28.5 Å². The molecule has 0 saturated carbocycles. The van der Waals surface area contributed by atoms with Gasteiger partial charge in [-0.3, -0.25) is 4.98 Å². The molecule has 0 radical (unpaired) electrons. The lowest BCUT2D eigenvalue weighted by Gasteiger charge is -2.19. The fraction of sp³-hybridized carbons (Fsp3) is 0.312. The predicted molar refractivity (Wildman–Crippen MR) is 82.7 cm³/mol. The molecule has 0 saturated heterocycles. The van der Waals surface area contributed by atoms with Crippen molar-refractivity contribution in [2.24, 2.45) is 0 Å². The van der Waals surface area contributed by atoms with E-state index in [2.05, 4.69) is 33.4 Å². The Morgan fingerprint density at radius 3 is 2.55 bits per heavy atom. The third-order valence-corrected chi connectivity index (χ3v) is 2.96. The van der Waals surface area contributed by atoms with Crippen molar-refractivity contribution in [3.63, 3.8) is 0 Å². The Labute approximate surface area is 120 Å². The van der Waals surface area contributed by atoms with Crippen LogP contribution in [0.4, 0.5) is 5.82 Å². The van der Waals surface area contributed by atoms with Crippen LogP contribution in [-0.2, 0) is 6.42 Å². The minimum atomic E-state index is 0.746. The lowest BCUT2D eigenvalue weighted by molar-refractivity contribution is 0.923. The van der Waals surface area contributed by atoms with Crippen LogP contribution in [0.25, 0.3) is 11.4 Å². The Morgan fingerprint density at radius 2 is 1.95 bits per heavy atom. The molecule has 0 fully saturated rings. The second kappa shape index (κ2) is 6.28. The van der Waals surface area contributed by atoms with Crippen molar-refractivity contribution in [2.45, 2.75) is 20.3 Å². The van der Waals surface area contributed by atoms with E-state index < -0.39 is 0 Å². The third kappa shape index (κ3) is 3.41. The summed E-state index contributed by atoms with van der Waals surface area (Å²) in [5.41, 5.74) is 3.13. The molecule has 0 bridgehead atoms. The summed E-state index contributed by atoms with van der Waals surface area (Å²) in [4.78, 5) is 15.4. The molecule has 2 rings (SSSR count). The summed E-state index contributed by atoms with van der Waals surface area (Å²) in [6, 6.07) is 5.89. The van der Waals surface area contributed by atoms with Gasteiger partial charge in [0, 0.05) is 43.3 Å². The second-order valence-electron chi connectivity index (χ2n) is 4.94. The fourth-order valence-electron chi connectivity index (χ4n) is 1.98. The number of pyridine rings is 1. The Kier molecular flexibility index (Phi) is 4.45. The Balaban J connectivity index is 2.41. The Bertz CT molecular complexity index is 593. The van der Waals surface area contributed by atoms with Gasteiger partial charge in [-0.15, -0.1) is 0 Å². The predicted octanol–water partition coefficient (Wildman–Crippen LogP) is 3.11. The molecule has 0 unspecified atom stereocenters. The van der Waals surface area contributed by atoms with Gasteiger partial charge < -0.3 is 4.90 Å². The quantitative estimate of drug-likeness (QED) is 0.781. The number of nitrogens with zero attached hydrogens (tertiary/aromatic N) is 4. The molecule has 4 nitrogen and oxygen atoms in total. The normalized spacial score (nSPS) is 10.3. The topological polar surface area (TPSA) is 41.9 Å². The van der Waals surface area contributed by atoms with E-state index in [1.165, 1.54) is 0 Å². The lowest BCUT2D eigenvalue weighted by atomic mass is 10.2. The van der Waals surface area contributed by atoms with Crippen LogP contribution in [0.1, 0.15) is 19.5 Å². The van der Waals surface area contributed by atoms with Gasteiger partial charge in [-0.05, 0) is 25.5 Å². The molecular weight excluding hydrogens is 248 g/mol. The molecule has 2 aromatic rings. The number of hydrogen-bond donors (Lipinski definition) is 0. The van der Waals surface area contributed by atoms with Crippen molar-refractivity contribution < 1.29 is 0 Å². The van der Waals surface area contributed by atoms with E-state index >= 15 is 0 Å². The molecule has 2 aromatic heterocycles. The maximum Gasteiger partial charge on any atom is 0.161 e. The molecule has 0 aliphatic heterocycles. The Hall–Kier alpha value is -2.23. The molecule has 0 spiro atoms. The van der Waals surface area contributed by atoms with Crippen molar-refractivity contribution in [1.29, 1.82) is 0 Å². The maximum atomic E-state index is 4.65. The molecule has 20 heavy (non-hydrogen) atoms. The zero-order valence-corrected chi connectivity index (χ0v) is 12.3. The molecule has 2 heterocycles. The molecule has 104 valence electrons. The van der Waals surface area contributed by atoms with Crippen LogP contribution in [0.3, 0.4) is 0 Å². The molecule has 0 aromatic carbocycles. The Morgan fingerprint density at radius 1 is 1.25 bits per heavy atom. The lowest BCUT2D eigenvalue weighted by Crippen LogP contribution is -2.21. The zero-order valence-electron chi connectivity index (χ0n) is 12.3. The van der Waals surface area contributed by atoms with Gasteiger partial charge in [-0.25, -0.2) is 9.97 Å².